The first-order valence-electron chi connectivity index (χ1n) is 4.22. The van der Waals surface area contributed by atoms with E-state index in [0.29, 0.717) is 16.6 Å². The number of ether oxygens (including phenoxy) is 1. The van der Waals surface area contributed by atoms with Crippen LogP contribution in [0, 0.1) is 13.8 Å². The number of phenols is 1. The van der Waals surface area contributed by atoms with Crippen LogP contribution in [0.4, 0.5) is 0 Å². The molecule has 0 saturated carbocycles. The topological polar surface area (TPSA) is 69.9 Å². The molecule has 0 radical (unpaired) electrons. The van der Waals surface area contributed by atoms with Gasteiger partial charge in [0, 0.05) is 0 Å². The Labute approximate surface area is 82.9 Å². The van der Waals surface area contributed by atoms with E-state index in [9.17, 15) is 5.11 Å². The summed E-state index contributed by atoms with van der Waals surface area (Å²) in [6.07, 6.45) is 0. The van der Waals surface area contributed by atoms with Crippen LogP contribution in [0.25, 0.3) is 0 Å². The zero-order valence-electron chi connectivity index (χ0n) is 8.40. The summed E-state index contributed by atoms with van der Waals surface area (Å²) in [5.74, 6) is 0.283. The number of hydrogen-bond donors (Lipinski definition) is 3. The second-order valence-electron chi connectivity index (χ2n) is 3.16. The second kappa shape index (κ2) is 3.90. The number of aryl methyl sites for hydroxylation is 1. The van der Waals surface area contributed by atoms with E-state index in [2.05, 4.69) is 0 Å². The van der Waals surface area contributed by atoms with Crippen molar-refractivity contribution < 1.29 is 19.9 Å². The van der Waals surface area contributed by atoms with Gasteiger partial charge in [0.15, 0.2) is 11.5 Å². The van der Waals surface area contributed by atoms with Crippen LogP contribution in [0.15, 0.2) is 6.07 Å². The lowest BCUT2D eigenvalue weighted by atomic mass is 9.74. The van der Waals surface area contributed by atoms with Crippen molar-refractivity contribution in [2.24, 2.45) is 0 Å². The molecule has 1 aromatic rings. The van der Waals surface area contributed by atoms with Gasteiger partial charge < -0.3 is 19.9 Å². The molecule has 0 heterocycles. The number of aromatic hydroxyl groups is 1. The van der Waals surface area contributed by atoms with Gasteiger partial charge in [-0.15, -0.1) is 0 Å². The highest BCUT2D eigenvalue weighted by Crippen LogP contribution is 2.29. The summed E-state index contributed by atoms with van der Waals surface area (Å²) < 4.78 is 4.95. The summed E-state index contributed by atoms with van der Waals surface area (Å²) in [6, 6.07) is 1.45. The van der Waals surface area contributed by atoms with E-state index in [1.165, 1.54) is 13.2 Å². The van der Waals surface area contributed by atoms with Crippen molar-refractivity contribution in [2.45, 2.75) is 13.8 Å². The maximum atomic E-state index is 9.49. The Morgan fingerprint density at radius 1 is 1.29 bits per heavy atom. The van der Waals surface area contributed by atoms with Crippen molar-refractivity contribution >= 4 is 12.6 Å². The second-order valence-corrected chi connectivity index (χ2v) is 3.16. The molecule has 0 spiro atoms. The number of phenolic OH excluding ortho intramolecular Hbond substituents is 1. The fraction of sp³-hybridized carbons (Fsp3) is 0.333. The van der Waals surface area contributed by atoms with Crippen LogP contribution in [0.3, 0.4) is 0 Å². The molecule has 0 aliphatic heterocycles. The standard InChI is InChI=1S/C9H13BO4/c1-5-4-7(11)9(14-3)6(2)8(5)10(12)13/h4,11-13H,1-3H3. The van der Waals surface area contributed by atoms with Crippen molar-refractivity contribution in [1.82, 2.24) is 0 Å². The van der Waals surface area contributed by atoms with E-state index in [1.807, 2.05) is 0 Å². The van der Waals surface area contributed by atoms with E-state index in [4.69, 9.17) is 14.8 Å². The summed E-state index contributed by atoms with van der Waals surface area (Å²) in [6.45, 7) is 3.36. The van der Waals surface area contributed by atoms with Gasteiger partial charge >= 0.3 is 7.12 Å². The van der Waals surface area contributed by atoms with Crippen LogP contribution < -0.4 is 10.2 Å². The molecule has 0 saturated heterocycles. The first kappa shape index (κ1) is 10.9. The molecule has 0 atom stereocenters. The molecule has 1 rings (SSSR count). The largest absolute Gasteiger partial charge is 0.504 e. The first-order chi connectivity index (χ1) is 6.49. The molecule has 0 aliphatic carbocycles. The molecule has 76 valence electrons. The van der Waals surface area contributed by atoms with Gasteiger partial charge in [-0.3, -0.25) is 0 Å². The number of hydrogen-bond acceptors (Lipinski definition) is 4. The highest BCUT2D eigenvalue weighted by Gasteiger charge is 2.21. The Balaban J connectivity index is 3.44. The van der Waals surface area contributed by atoms with E-state index in [-0.39, 0.29) is 11.5 Å². The third-order valence-corrected chi connectivity index (χ3v) is 2.22. The zero-order valence-corrected chi connectivity index (χ0v) is 8.40. The average Bonchev–Trinajstić information content (AvgIpc) is 2.02. The van der Waals surface area contributed by atoms with Gasteiger partial charge in [-0.25, -0.2) is 0 Å². The highest BCUT2D eigenvalue weighted by atomic mass is 16.5. The van der Waals surface area contributed by atoms with Gasteiger partial charge in [0.05, 0.1) is 7.11 Å². The maximum Gasteiger partial charge on any atom is 0.489 e. The number of benzene rings is 1. The van der Waals surface area contributed by atoms with Crippen LogP contribution >= 0.6 is 0 Å². The monoisotopic (exact) mass is 196 g/mol. The molecule has 0 aromatic heterocycles. The summed E-state index contributed by atoms with van der Waals surface area (Å²) in [5.41, 5.74) is 1.54. The van der Waals surface area contributed by atoms with Crippen molar-refractivity contribution in [1.29, 1.82) is 0 Å². The molecule has 1 aromatic carbocycles. The Hall–Kier alpha value is -1.20. The van der Waals surface area contributed by atoms with Gasteiger partial charge in [-0.1, -0.05) is 0 Å². The van der Waals surface area contributed by atoms with Crippen LogP contribution in [0.2, 0.25) is 0 Å². The van der Waals surface area contributed by atoms with Crippen molar-refractivity contribution in [3.8, 4) is 11.5 Å². The SMILES string of the molecule is COc1c(O)cc(C)c(B(O)O)c1C. The Kier molecular flexibility index (Phi) is 3.03. The molecule has 0 unspecified atom stereocenters. The molecule has 0 bridgehead atoms. The summed E-state index contributed by atoms with van der Waals surface area (Å²) in [5, 5.41) is 27.7. The summed E-state index contributed by atoms with van der Waals surface area (Å²) >= 11 is 0. The predicted octanol–water partition coefficient (Wildman–Crippen LogP) is -0.303. The van der Waals surface area contributed by atoms with Crippen LogP contribution in [-0.4, -0.2) is 29.4 Å². The van der Waals surface area contributed by atoms with E-state index in [0.717, 1.165) is 0 Å². The minimum absolute atomic E-state index is 0.00639. The van der Waals surface area contributed by atoms with Gasteiger partial charge in [0.25, 0.3) is 0 Å². The Morgan fingerprint density at radius 3 is 2.29 bits per heavy atom. The smallest absolute Gasteiger partial charge is 0.489 e. The molecule has 4 nitrogen and oxygen atoms in total. The van der Waals surface area contributed by atoms with Crippen molar-refractivity contribution in [3.63, 3.8) is 0 Å². The minimum atomic E-state index is -1.55. The average molecular weight is 196 g/mol. The zero-order chi connectivity index (χ0) is 10.9. The van der Waals surface area contributed by atoms with Crippen LogP contribution in [-0.2, 0) is 0 Å². The Bertz CT molecular complexity index is 349. The molecule has 14 heavy (non-hydrogen) atoms. The summed E-state index contributed by atoms with van der Waals surface area (Å²) in [4.78, 5) is 0. The quantitative estimate of drug-likeness (QED) is 0.568. The van der Waals surface area contributed by atoms with Gasteiger partial charge in [-0.2, -0.15) is 0 Å². The molecule has 0 fully saturated rings. The fourth-order valence-corrected chi connectivity index (χ4v) is 1.61. The molecule has 0 amide bonds. The van der Waals surface area contributed by atoms with E-state index < -0.39 is 7.12 Å². The van der Waals surface area contributed by atoms with E-state index >= 15 is 0 Å². The fourth-order valence-electron chi connectivity index (χ4n) is 1.61. The van der Waals surface area contributed by atoms with Crippen LogP contribution in [0.1, 0.15) is 11.1 Å². The number of methoxy groups -OCH3 is 1. The molecular formula is C9H13BO4. The molecule has 0 aliphatic rings. The third kappa shape index (κ3) is 1.69. The Morgan fingerprint density at radius 2 is 1.86 bits per heavy atom. The van der Waals surface area contributed by atoms with E-state index in [1.54, 1.807) is 13.8 Å². The lowest BCUT2D eigenvalue weighted by molar-refractivity contribution is 0.370. The number of rotatable bonds is 2. The molecule has 5 heteroatoms. The molecule has 3 N–H and O–H groups in total. The van der Waals surface area contributed by atoms with Gasteiger partial charge in [0.2, 0.25) is 0 Å². The lowest BCUT2D eigenvalue weighted by Crippen LogP contribution is -2.34. The molecular weight excluding hydrogens is 183 g/mol. The van der Waals surface area contributed by atoms with Crippen LogP contribution in [0.5, 0.6) is 11.5 Å². The van der Waals surface area contributed by atoms with Crippen molar-refractivity contribution in [2.75, 3.05) is 7.11 Å². The highest BCUT2D eigenvalue weighted by molar-refractivity contribution is 6.59. The first-order valence-corrected chi connectivity index (χ1v) is 4.22. The normalized spacial score (nSPS) is 10.1. The van der Waals surface area contributed by atoms with Gasteiger partial charge in [-0.05, 0) is 36.5 Å². The minimum Gasteiger partial charge on any atom is -0.504 e. The lowest BCUT2D eigenvalue weighted by Gasteiger charge is -2.14. The van der Waals surface area contributed by atoms with Crippen molar-refractivity contribution in [3.05, 3.63) is 17.2 Å². The predicted molar refractivity (Wildman–Crippen MR) is 54.0 cm³/mol. The van der Waals surface area contributed by atoms with Gasteiger partial charge in [0.1, 0.15) is 0 Å². The third-order valence-electron chi connectivity index (χ3n) is 2.22. The maximum absolute atomic E-state index is 9.49. The summed E-state index contributed by atoms with van der Waals surface area (Å²) in [7, 11) is -0.130.